The van der Waals surface area contributed by atoms with Gasteiger partial charge in [0.25, 0.3) is 64.1 Å². The monoisotopic (exact) mass is 1730 g/mol. The van der Waals surface area contributed by atoms with Gasteiger partial charge in [0, 0.05) is 76.2 Å². The molecule has 0 atom stereocenters. The Labute approximate surface area is 758 Å². The fourth-order valence-corrected chi connectivity index (χ4v) is 13.2. The largest absolute Gasteiger partial charge is 0.296 e. The van der Waals surface area contributed by atoms with Crippen molar-refractivity contribution in [3.8, 4) is 0 Å². The van der Waals surface area contributed by atoms with Crippen LogP contribution >= 0.6 is 0 Å². The zero-order chi connectivity index (χ0) is 93.9. The van der Waals surface area contributed by atoms with Gasteiger partial charge < -0.3 is 0 Å². The van der Waals surface area contributed by atoms with Gasteiger partial charge in [-0.25, -0.2) is 100 Å². The van der Waals surface area contributed by atoms with Crippen LogP contribution in [0.3, 0.4) is 0 Å². The summed E-state index contributed by atoms with van der Waals surface area (Å²) in [5.41, 5.74) is 6.48. The van der Waals surface area contributed by atoms with Gasteiger partial charge in [0.15, 0.2) is 5.78 Å². The van der Waals surface area contributed by atoms with Crippen LogP contribution in [-0.2, 0) is 142 Å². The first-order chi connectivity index (χ1) is 59.9. The number of ketones is 1. The van der Waals surface area contributed by atoms with Crippen molar-refractivity contribution in [2.45, 2.75) is 235 Å². The molecule has 126 heavy (non-hydrogen) atoms. The van der Waals surface area contributed by atoms with Gasteiger partial charge in [0.2, 0.25) is 0 Å². The molecule has 0 radical (unpaired) electrons. The first-order valence-corrected chi connectivity index (χ1v) is 44.9. The molecule has 0 bridgehead atoms. The topological polar surface area (TPSA) is 114 Å². The minimum atomic E-state index is 0.185. The van der Waals surface area contributed by atoms with E-state index in [1.807, 2.05) is 110 Å². The molecule has 14 rings (SSSR count). The number of hydrogen-bond donors (Lipinski definition) is 0. The molecule has 0 amide bonds. The normalized spacial score (nSPS) is 10.3. The number of aromatic nitrogens is 22. The lowest BCUT2D eigenvalue weighted by molar-refractivity contribution is -0.677. The zero-order valence-corrected chi connectivity index (χ0v) is 83.7. The van der Waals surface area contributed by atoms with Crippen LogP contribution in [0.15, 0.2) is 228 Å². The van der Waals surface area contributed by atoms with Crippen LogP contribution in [0.25, 0.3) is 12.3 Å². The number of rotatable bonds is 22. The van der Waals surface area contributed by atoms with Gasteiger partial charge in [-0.3, -0.25) is 4.79 Å². The second-order valence-corrected chi connectivity index (χ2v) is 33.1. The summed E-state index contributed by atoms with van der Waals surface area (Å²) in [7, 11) is 24.6. The number of aryl methyl sites for hydroxylation is 17. The molecule has 0 aliphatic heterocycles. The summed E-state index contributed by atoms with van der Waals surface area (Å²) in [5, 5.41) is 0. The van der Waals surface area contributed by atoms with Crippen LogP contribution in [0, 0.1) is 83.1 Å². The predicted octanol–water partition coefficient (Wildman–Crippen LogP) is 13.5. The number of unbranched alkanes of at least 4 members (excludes halogenated alkanes) is 4. The van der Waals surface area contributed by atoms with E-state index >= 15 is 0 Å². The quantitative estimate of drug-likeness (QED) is 0.0488. The van der Waals surface area contributed by atoms with E-state index in [1.54, 1.807) is 13.1 Å². The number of carbonyl (C=O) groups excluding carboxylic acids is 1. The Morgan fingerprint density at radius 2 is 0.690 bits per heavy atom. The van der Waals surface area contributed by atoms with Crippen molar-refractivity contribution < 1.29 is 55.0 Å². The number of imidazole rings is 11. The minimum Gasteiger partial charge on any atom is -0.296 e. The number of benzene rings is 3. The van der Waals surface area contributed by atoms with Crippen LogP contribution in [0.2, 0.25) is 0 Å². The molecule has 3 aromatic carbocycles. The Morgan fingerprint density at radius 3 is 0.992 bits per heavy atom. The molecule has 0 fully saturated rings. The van der Waals surface area contributed by atoms with Crippen molar-refractivity contribution >= 4 is 18.1 Å². The fourth-order valence-electron chi connectivity index (χ4n) is 13.2. The van der Waals surface area contributed by atoms with Crippen molar-refractivity contribution in [2.75, 3.05) is 0 Å². The van der Waals surface area contributed by atoms with Gasteiger partial charge in [-0.2, -0.15) is 0 Å². The number of hydrogen-bond acceptors (Lipinski definition) is 1. The maximum Gasteiger partial charge on any atom is 0.257 e. The molecule has 0 spiro atoms. The lowest BCUT2D eigenvalue weighted by atomic mass is 10.1. The Kier molecular flexibility index (Phi) is 46.9. The molecule has 23 heteroatoms. The summed E-state index contributed by atoms with van der Waals surface area (Å²) in [6, 6.07) is 28.2. The SMILES string of the molecule is C=Cc1cccc(Cn2cc[n+](C)c2C)c1.C=Cn1cc[n+](C)c1C.CC(=O)Cn1cc[n+](C)c1C.CCCCCCn1cc[n+](C)c1C.CCCCn1cc[n+](C)c1C.CCCn1cc[n+](C)c1C.CCn1cc[n+](C)c1C.Cc1ccc(Cn2cc[n+](C)c2C)cc1.Cc1n(C(C)C)cc[n+]1C.Cc1n(C)cc[n+]1C.Cc1n(Cc2ccccc2)cc[n+]1C. The molecule has 11 heterocycles. The van der Waals surface area contributed by atoms with Crippen LogP contribution in [0.5, 0.6) is 0 Å². The van der Waals surface area contributed by atoms with Crippen molar-refractivity contribution in [3.05, 3.63) is 320 Å². The second kappa shape index (κ2) is 55.5. The summed E-state index contributed by atoms with van der Waals surface area (Å²) in [6.07, 6.45) is 58.3. The lowest BCUT2D eigenvalue weighted by Gasteiger charge is -2.01. The third-order valence-electron chi connectivity index (χ3n) is 23.5. The van der Waals surface area contributed by atoms with Crippen molar-refractivity contribution in [3.63, 3.8) is 0 Å². The highest BCUT2D eigenvalue weighted by Gasteiger charge is 2.17. The van der Waals surface area contributed by atoms with E-state index in [-0.39, 0.29) is 5.78 Å². The summed E-state index contributed by atoms with van der Waals surface area (Å²) in [6.45, 7) is 55.3. The molecule has 11 aromatic heterocycles. The van der Waals surface area contributed by atoms with E-state index in [0.717, 1.165) is 45.1 Å². The third-order valence-corrected chi connectivity index (χ3v) is 23.5. The molecule has 0 aliphatic rings. The Morgan fingerprint density at radius 1 is 0.341 bits per heavy atom. The Balaban J connectivity index is 0.000000292. The Hall–Kier alpha value is -11.9. The first kappa shape index (κ1) is 106. The third kappa shape index (κ3) is 35.3. The van der Waals surface area contributed by atoms with E-state index in [1.165, 1.54) is 138 Å². The maximum atomic E-state index is 10.7. The summed E-state index contributed by atoms with van der Waals surface area (Å²) in [4.78, 5) is 10.7. The van der Waals surface area contributed by atoms with E-state index < -0.39 is 0 Å². The van der Waals surface area contributed by atoms with Gasteiger partial charge in [0.05, 0.1) is 123 Å². The number of carbonyl (C=O) groups is 1. The van der Waals surface area contributed by atoms with E-state index in [0.29, 0.717) is 12.6 Å². The van der Waals surface area contributed by atoms with Gasteiger partial charge in [-0.15, -0.1) is 0 Å². The van der Waals surface area contributed by atoms with Gasteiger partial charge in [0.1, 0.15) is 163 Å². The molecule has 0 saturated heterocycles. The molecule has 682 valence electrons. The smallest absolute Gasteiger partial charge is 0.257 e. The molecular formula is C103H165N22O+11. The van der Waals surface area contributed by atoms with Crippen molar-refractivity contribution in [1.29, 1.82) is 0 Å². The van der Waals surface area contributed by atoms with Gasteiger partial charge in [-0.05, 0) is 88.6 Å². The minimum absolute atomic E-state index is 0.185. The van der Waals surface area contributed by atoms with E-state index in [4.69, 9.17) is 0 Å². The van der Waals surface area contributed by atoms with Crippen LogP contribution < -0.4 is 50.2 Å². The van der Waals surface area contributed by atoms with E-state index in [2.05, 4.69) is 434 Å². The number of Topliss-reactive ketones (excluding diaryl/α,β-unsaturated/α-hetero) is 1. The second-order valence-electron chi connectivity index (χ2n) is 33.1. The van der Waals surface area contributed by atoms with Crippen molar-refractivity contribution in [1.82, 2.24) is 50.2 Å². The summed E-state index contributed by atoms with van der Waals surface area (Å²) in [5.74, 6) is 14.1. The first-order valence-electron chi connectivity index (χ1n) is 44.9. The lowest BCUT2D eigenvalue weighted by Crippen LogP contribution is -2.30. The molecular weight excluding hydrogens is 1560 g/mol. The number of nitrogens with zero attached hydrogens (tertiary/aromatic N) is 22. The zero-order valence-electron chi connectivity index (χ0n) is 83.7. The van der Waals surface area contributed by atoms with Crippen LogP contribution in [0.4, 0.5) is 0 Å². The molecule has 23 nitrogen and oxygen atoms in total. The van der Waals surface area contributed by atoms with Gasteiger partial charge in [-0.1, -0.05) is 138 Å². The van der Waals surface area contributed by atoms with Crippen LogP contribution in [0.1, 0.15) is 191 Å². The summed E-state index contributed by atoms with van der Waals surface area (Å²) >= 11 is 0. The average Bonchev–Trinajstić information content (AvgIpc) is 1.87. The standard InChI is InChI=1S/C14H17N2.C13H17N2.C12H15N2.C11H21N2.C9H17N2.C8H13N2O.2C8H15N2.C7H13N2.C7H11N2.C6H11N2/c1-4-13-6-5-7-14(10-13)11-16-9-8-15(3)12(16)2;1-11-4-6-13(7-5-11)10-15-9-8-14(3)12(15)2;1-11-13(2)8-9-14(11)10-12-6-4-3-5-7-12;1-4-5-6-7-8-13-10-9-12(3)11(13)2;1-4-5-6-11-8-7-10(3)9(11)2;1-7(11)6-10-5-4-9(3)8(10)2;1-7(2)10-6-5-9(4)8(10)3;1-4-5-10-7-6-9(3)8(10)2;2*1-4-9-6-5-8(3)7(9)2;1-6-7(2)4-5-8(6)3/h4-10H,1,11H2,2-3H3;4-9H,10H2,1-3H3;3-9H,10H2,1-2H3;9-10H,4-8H2,1-3H3;7-8H,4-6H2,1-3H3;4-5H,6H2,1-3H3;5-7H,1-4H3;6-7H,4-5H2,1-3H3;5-6H,4H2,1-3H3;4-6H,1H2,2-3H3;4-5H,1-3H3/q11*+1. The average molecular weight is 1730 g/mol. The van der Waals surface area contributed by atoms with Gasteiger partial charge >= 0.3 is 0 Å². The van der Waals surface area contributed by atoms with Crippen molar-refractivity contribution in [2.24, 2.45) is 84.6 Å². The highest BCUT2D eigenvalue weighted by atomic mass is 16.1. The maximum absolute atomic E-state index is 10.7. The molecule has 14 aromatic rings. The van der Waals surface area contributed by atoms with Crippen LogP contribution in [-0.4, -0.2) is 56.0 Å². The highest BCUT2D eigenvalue weighted by Crippen LogP contribution is 2.12. The predicted molar refractivity (Wildman–Crippen MR) is 509 cm³/mol. The molecule has 0 unspecified atom stereocenters. The van der Waals surface area contributed by atoms with E-state index in [9.17, 15) is 4.79 Å². The molecule has 0 N–H and O–H groups in total. The Bertz CT molecular complexity index is 5440. The fraction of sp³-hybridized carbons (Fsp3) is 0.456. The molecule has 0 saturated carbocycles. The summed E-state index contributed by atoms with van der Waals surface area (Å²) < 4.78 is 47.3. The molecule has 0 aliphatic carbocycles. The highest BCUT2D eigenvalue weighted by molar-refractivity contribution is 5.75.